The van der Waals surface area contributed by atoms with Crippen molar-refractivity contribution in [3.05, 3.63) is 0 Å². The predicted octanol–water partition coefficient (Wildman–Crippen LogP) is 0.437. The van der Waals surface area contributed by atoms with E-state index in [1.807, 2.05) is 20.1 Å². The first kappa shape index (κ1) is 31.1. The molecule has 0 heterocycles. The second kappa shape index (κ2) is 16.7. The van der Waals surface area contributed by atoms with Crippen LogP contribution in [0.15, 0.2) is 0 Å². The van der Waals surface area contributed by atoms with Gasteiger partial charge >= 0.3 is 5.97 Å². The second-order valence-electron chi connectivity index (χ2n) is 8.99. The molecule has 0 aromatic carbocycles. The van der Waals surface area contributed by atoms with Crippen molar-refractivity contribution in [3.8, 4) is 0 Å². The maximum Gasteiger partial charge on any atom is 0.326 e. The Morgan fingerprint density at radius 3 is 1.91 bits per heavy atom. The maximum atomic E-state index is 13.0. The average molecular weight is 490 g/mol. The number of nitrogens with two attached hydrogens (primary N) is 2. The molecule has 8 N–H and O–H groups in total. The molecular formula is C22H43N5O5S. The number of amides is 3. The zero-order chi connectivity index (χ0) is 25.6. The van der Waals surface area contributed by atoms with Gasteiger partial charge in [-0.15, -0.1) is 0 Å². The van der Waals surface area contributed by atoms with Gasteiger partial charge in [0.25, 0.3) is 0 Å². The number of nitrogens with one attached hydrogen (secondary N) is 3. The SMILES string of the molecule is CSCCC(NC(=O)C(CCCCN)NC(=O)C(N)CC(C)C)C(=O)NC(C(=O)O)C(C)C. The fourth-order valence-electron chi connectivity index (χ4n) is 3.20. The van der Waals surface area contributed by atoms with E-state index in [9.17, 15) is 24.3 Å². The number of carboxylic acid groups (broad SMARTS) is 1. The Kier molecular flexibility index (Phi) is 15.8. The van der Waals surface area contributed by atoms with Crippen LogP contribution in [0, 0.1) is 11.8 Å². The summed E-state index contributed by atoms with van der Waals surface area (Å²) in [6.07, 6.45) is 4.32. The Bertz CT molecular complexity index is 632. The lowest BCUT2D eigenvalue weighted by atomic mass is 10.0. The molecule has 3 amide bonds. The van der Waals surface area contributed by atoms with Crippen molar-refractivity contribution in [1.82, 2.24) is 16.0 Å². The summed E-state index contributed by atoms with van der Waals surface area (Å²) in [4.78, 5) is 49.9. The van der Waals surface area contributed by atoms with Crippen molar-refractivity contribution in [2.75, 3.05) is 18.6 Å². The summed E-state index contributed by atoms with van der Waals surface area (Å²) >= 11 is 1.50. The van der Waals surface area contributed by atoms with Gasteiger partial charge in [0.15, 0.2) is 0 Å². The Labute approximate surface area is 201 Å². The minimum atomic E-state index is -1.14. The molecule has 0 saturated carbocycles. The van der Waals surface area contributed by atoms with Crippen LogP contribution in [0.5, 0.6) is 0 Å². The molecule has 11 heteroatoms. The van der Waals surface area contributed by atoms with Gasteiger partial charge in [-0.1, -0.05) is 27.7 Å². The standard InChI is InChI=1S/C22H43N5O5S/c1-13(2)12-15(24)19(28)25-16(8-6-7-10-23)20(29)26-17(9-11-33-5)21(30)27-18(14(3)4)22(31)32/h13-18H,6-12,23-24H2,1-5H3,(H,25,28)(H,26,29)(H,27,30)(H,31,32). The first-order valence-corrected chi connectivity index (χ1v) is 12.9. The molecular weight excluding hydrogens is 446 g/mol. The summed E-state index contributed by atoms with van der Waals surface area (Å²) in [7, 11) is 0. The third-order valence-corrected chi connectivity index (χ3v) is 5.76. The van der Waals surface area contributed by atoms with Crippen molar-refractivity contribution in [2.24, 2.45) is 23.3 Å². The Morgan fingerprint density at radius 1 is 0.879 bits per heavy atom. The molecule has 0 aromatic heterocycles. The van der Waals surface area contributed by atoms with Crippen LogP contribution in [0.1, 0.15) is 59.8 Å². The van der Waals surface area contributed by atoms with Gasteiger partial charge in [0, 0.05) is 0 Å². The molecule has 0 bridgehead atoms. The summed E-state index contributed by atoms with van der Waals surface area (Å²) in [5, 5.41) is 17.3. The summed E-state index contributed by atoms with van der Waals surface area (Å²) in [5.41, 5.74) is 11.5. The molecule has 4 unspecified atom stereocenters. The van der Waals surface area contributed by atoms with Gasteiger partial charge < -0.3 is 32.5 Å². The normalized spacial score (nSPS) is 14.9. The average Bonchev–Trinajstić information content (AvgIpc) is 2.72. The molecule has 10 nitrogen and oxygen atoms in total. The van der Waals surface area contributed by atoms with E-state index in [2.05, 4.69) is 16.0 Å². The highest BCUT2D eigenvalue weighted by Crippen LogP contribution is 2.09. The van der Waals surface area contributed by atoms with E-state index in [0.717, 1.165) is 0 Å². The summed E-state index contributed by atoms with van der Waals surface area (Å²) in [5.74, 6) is -2.16. The van der Waals surface area contributed by atoms with E-state index in [4.69, 9.17) is 11.5 Å². The summed E-state index contributed by atoms with van der Waals surface area (Å²) in [6, 6.07) is -3.61. The molecule has 0 aliphatic heterocycles. The van der Waals surface area contributed by atoms with Gasteiger partial charge in [-0.2, -0.15) is 11.8 Å². The van der Waals surface area contributed by atoms with Gasteiger partial charge in [-0.3, -0.25) is 14.4 Å². The Morgan fingerprint density at radius 2 is 1.42 bits per heavy atom. The number of thioether (sulfide) groups is 1. The lowest BCUT2D eigenvalue weighted by Gasteiger charge is -2.26. The highest BCUT2D eigenvalue weighted by atomic mass is 32.2. The van der Waals surface area contributed by atoms with Crippen molar-refractivity contribution in [2.45, 2.75) is 84.0 Å². The number of unbranched alkanes of at least 4 members (excludes halogenated alkanes) is 1. The smallest absolute Gasteiger partial charge is 0.326 e. The number of carbonyl (C=O) groups excluding carboxylic acids is 3. The fraction of sp³-hybridized carbons (Fsp3) is 0.818. The van der Waals surface area contributed by atoms with E-state index in [0.29, 0.717) is 44.4 Å². The first-order chi connectivity index (χ1) is 15.4. The minimum absolute atomic E-state index is 0.220. The number of hydrogen-bond acceptors (Lipinski definition) is 7. The van der Waals surface area contributed by atoms with Crippen LogP contribution in [0.2, 0.25) is 0 Å². The summed E-state index contributed by atoms with van der Waals surface area (Å²) < 4.78 is 0. The van der Waals surface area contributed by atoms with Crippen LogP contribution in [0.4, 0.5) is 0 Å². The largest absolute Gasteiger partial charge is 0.480 e. The van der Waals surface area contributed by atoms with Crippen molar-refractivity contribution >= 4 is 35.5 Å². The van der Waals surface area contributed by atoms with Crippen molar-refractivity contribution in [3.63, 3.8) is 0 Å². The molecule has 0 radical (unpaired) electrons. The molecule has 4 atom stereocenters. The van der Waals surface area contributed by atoms with Gasteiger partial charge in [-0.25, -0.2) is 4.79 Å². The lowest BCUT2D eigenvalue weighted by Crippen LogP contribution is -2.57. The van der Waals surface area contributed by atoms with Gasteiger partial charge in [0.05, 0.1) is 6.04 Å². The van der Waals surface area contributed by atoms with E-state index in [1.54, 1.807) is 13.8 Å². The number of carbonyl (C=O) groups is 4. The first-order valence-electron chi connectivity index (χ1n) is 11.5. The van der Waals surface area contributed by atoms with Crippen LogP contribution in [0.3, 0.4) is 0 Å². The van der Waals surface area contributed by atoms with E-state index in [-0.39, 0.29) is 11.8 Å². The van der Waals surface area contributed by atoms with Crippen LogP contribution in [0.25, 0.3) is 0 Å². The van der Waals surface area contributed by atoms with Crippen LogP contribution in [-0.4, -0.2) is 71.5 Å². The predicted molar refractivity (Wildman–Crippen MR) is 132 cm³/mol. The zero-order valence-electron chi connectivity index (χ0n) is 20.6. The summed E-state index contributed by atoms with van der Waals surface area (Å²) in [6.45, 7) is 7.75. The molecule has 0 saturated heterocycles. The Balaban J connectivity index is 5.44. The Hall–Kier alpha value is -1.85. The molecule has 0 spiro atoms. The van der Waals surface area contributed by atoms with Gasteiger partial charge in [0.2, 0.25) is 17.7 Å². The van der Waals surface area contributed by atoms with Gasteiger partial charge in [0.1, 0.15) is 18.1 Å². The second-order valence-corrected chi connectivity index (χ2v) is 9.98. The highest BCUT2D eigenvalue weighted by Gasteiger charge is 2.31. The van der Waals surface area contributed by atoms with Crippen molar-refractivity contribution < 1.29 is 24.3 Å². The van der Waals surface area contributed by atoms with Crippen LogP contribution < -0.4 is 27.4 Å². The third-order valence-electron chi connectivity index (χ3n) is 5.12. The maximum absolute atomic E-state index is 13.0. The monoisotopic (exact) mass is 489 g/mol. The number of rotatable bonds is 17. The molecule has 33 heavy (non-hydrogen) atoms. The zero-order valence-corrected chi connectivity index (χ0v) is 21.4. The molecule has 0 aliphatic carbocycles. The quantitative estimate of drug-likeness (QED) is 0.159. The molecule has 192 valence electrons. The lowest BCUT2D eigenvalue weighted by molar-refractivity contribution is -0.143. The van der Waals surface area contributed by atoms with Crippen LogP contribution >= 0.6 is 11.8 Å². The van der Waals surface area contributed by atoms with E-state index in [1.165, 1.54) is 11.8 Å². The molecule has 0 fully saturated rings. The highest BCUT2D eigenvalue weighted by molar-refractivity contribution is 7.98. The number of hydrogen-bond donors (Lipinski definition) is 6. The number of carboxylic acids is 1. The topological polar surface area (TPSA) is 177 Å². The van der Waals surface area contributed by atoms with Crippen molar-refractivity contribution in [1.29, 1.82) is 0 Å². The van der Waals surface area contributed by atoms with Gasteiger partial charge in [-0.05, 0) is 62.5 Å². The minimum Gasteiger partial charge on any atom is -0.480 e. The van der Waals surface area contributed by atoms with E-state index < -0.39 is 47.9 Å². The third kappa shape index (κ3) is 12.8. The van der Waals surface area contributed by atoms with Crippen LogP contribution in [-0.2, 0) is 19.2 Å². The van der Waals surface area contributed by atoms with E-state index >= 15 is 0 Å². The molecule has 0 aliphatic rings. The molecule has 0 rings (SSSR count). The molecule has 0 aromatic rings. The fourth-order valence-corrected chi connectivity index (χ4v) is 3.67. The number of aliphatic carboxylic acids is 1.